The Morgan fingerprint density at radius 2 is 2.14 bits per heavy atom. The SMILES string of the molecule is COC(=O)NN=Cc1ccc(-c2cccc(C(=O)O)c2)o1. The van der Waals surface area contributed by atoms with Gasteiger partial charge in [0.25, 0.3) is 0 Å². The molecule has 7 nitrogen and oxygen atoms in total. The Morgan fingerprint density at radius 3 is 2.86 bits per heavy atom. The van der Waals surface area contributed by atoms with Gasteiger partial charge in [0.2, 0.25) is 0 Å². The molecule has 0 fully saturated rings. The van der Waals surface area contributed by atoms with Crippen LogP contribution in [0.1, 0.15) is 16.1 Å². The topological polar surface area (TPSA) is 101 Å². The Bertz CT molecular complexity index is 690. The van der Waals surface area contributed by atoms with Gasteiger partial charge in [0.15, 0.2) is 0 Å². The van der Waals surface area contributed by atoms with Gasteiger partial charge in [0, 0.05) is 5.56 Å². The highest BCUT2D eigenvalue weighted by molar-refractivity contribution is 5.89. The number of methoxy groups -OCH3 is 1. The molecule has 108 valence electrons. The molecule has 0 aliphatic rings. The largest absolute Gasteiger partial charge is 0.478 e. The number of rotatable bonds is 4. The molecular weight excluding hydrogens is 276 g/mol. The summed E-state index contributed by atoms with van der Waals surface area (Å²) >= 11 is 0. The first-order chi connectivity index (χ1) is 10.1. The summed E-state index contributed by atoms with van der Waals surface area (Å²) in [6.07, 6.45) is 0.619. The summed E-state index contributed by atoms with van der Waals surface area (Å²) in [7, 11) is 1.23. The van der Waals surface area contributed by atoms with Crippen molar-refractivity contribution in [2.45, 2.75) is 0 Å². The van der Waals surface area contributed by atoms with Crippen LogP contribution in [0.3, 0.4) is 0 Å². The number of hydrogen-bond acceptors (Lipinski definition) is 5. The van der Waals surface area contributed by atoms with Gasteiger partial charge in [0.05, 0.1) is 18.9 Å². The van der Waals surface area contributed by atoms with Gasteiger partial charge >= 0.3 is 12.1 Å². The molecule has 2 aromatic rings. The highest BCUT2D eigenvalue weighted by Crippen LogP contribution is 2.22. The lowest BCUT2D eigenvalue weighted by Gasteiger charge is -1.99. The minimum absolute atomic E-state index is 0.173. The van der Waals surface area contributed by atoms with Crippen LogP contribution in [0.15, 0.2) is 45.9 Å². The van der Waals surface area contributed by atoms with Crippen molar-refractivity contribution in [3.8, 4) is 11.3 Å². The molecule has 21 heavy (non-hydrogen) atoms. The van der Waals surface area contributed by atoms with Gasteiger partial charge < -0.3 is 14.3 Å². The van der Waals surface area contributed by atoms with E-state index in [2.05, 4.69) is 15.3 Å². The predicted molar refractivity (Wildman–Crippen MR) is 74.2 cm³/mol. The fourth-order valence-corrected chi connectivity index (χ4v) is 1.58. The van der Waals surface area contributed by atoms with Crippen molar-refractivity contribution in [1.82, 2.24) is 5.43 Å². The van der Waals surface area contributed by atoms with Crippen LogP contribution >= 0.6 is 0 Å². The molecule has 0 saturated heterocycles. The van der Waals surface area contributed by atoms with Crippen molar-refractivity contribution >= 4 is 18.3 Å². The van der Waals surface area contributed by atoms with Crippen LogP contribution < -0.4 is 5.43 Å². The van der Waals surface area contributed by atoms with Gasteiger partial charge in [-0.1, -0.05) is 12.1 Å². The number of furan rings is 1. The number of ether oxygens (including phenoxy) is 1. The van der Waals surface area contributed by atoms with Crippen LogP contribution in [0.25, 0.3) is 11.3 Å². The lowest BCUT2D eigenvalue weighted by atomic mass is 10.1. The molecular formula is C14H12N2O5. The Kier molecular flexibility index (Phi) is 4.35. The molecule has 1 heterocycles. The number of carbonyl (C=O) groups excluding carboxylic acids is 1. The molecule has 7 heteroatoms. The number of benzene rings is 1. The third-order valence-electron chi connectivity index (χ3n) is 2.55. The molecule has 1 aromatic carbocycles. The smallest absolute Gasteiger partial charge is 0.427 e. The van der Waals surface area contributed by atoms with E-state index in [-0.39, 0.29) is 5.56 Å². The minimum Gasteiger partial charge on any atom is -0.478 e. The number of amides is 1. The molecule has 2 rings (SSSR count). The zero-order chi connectivity index (χ0) is 15.2. The molecule has 2 N–H and O–H groups in total. The maximum absolute atomic E-state index is 10.9. The van der Waals surface area contributed by atoms with Crippen LogP contribution in [0.2, 0.25) is 0 Å². The number of carboxylic acids is 1. The summed E-state index contributed by atoms with van der Waals surface area (Å²) in [5, 5.41) is 12.6. The normalized spacial score (nSPS) is 10.5. The van der Waals surface area contributed by atoms with E-state index in [1.54, 1.807) is 24.3 Å². The molecule has 0 unspecified atom stereocenters. The van der Waals surface area contributed by atoms with Crippen LogP contribution in [-0.4, -0.2) is 30.5 Å². The fraction of sp³-hybridized carbons (Fsp3) is 0.0714. The second kappa shape index (κ2) is 6.38. The van der Waals surface area contributed by atoms with E-state index < -0.39 is 12.1 Å². The van der Waals surface area contributed by atoms with Gasteiger partial charge in [-0.05, 0) is 24.3 Å². The minimum atomic E-state index is -1.01. The van der Waals surface area contributed by atoms with Crippen molar-refractivity contribution < 1.29 is 23.8 Å². The summed E-state index contributed by atoms with van der Waals surface area (Å²) in [4.78, 5) is 21.7. The van der Waals surface area contributed by atoms with E-state index in [9.17, 15) is 9.59 Å². The Hall–Kier alpha value is -3.09. The van der Waals surface area contributed by atoms with E-state index in [1.807, 2.05) is 0 Å². The quantitative estimate of drug-likeness (QED) is 0.664. The average Bonchev–Trinajstić information content (AvgIpc) is 2.96. The summed E-state index contributed by atoms with van der Waals surface area (Å²) in [5.74, 6) is -0.104. The second-order valence-corrected chi connectivity index (χ2v) is 3.95. The Labute approximate surface area is 119 Å². The van der Waals surface area contributed by atoms with Crippen LogP contribution in [0, 0.1) is 0 Å². The maximum Gasteiger partial charge on any atom is 0.427 e. The van der Waals surface area contributed by atoms with Gasteiger partial charge in [-0.2, -0.15) is 5.10 Å². The standard InChI is InChI=1S/C14H12N2O5/c1-20-14(19)16-15-8-11-5-6-12(21-11)9-3-2-4-10(7-9)13(17)18/h2-8H,1H3,(H,16,19)(H,17,18). The molecule has 1 aromatic heterocycles. The van der Waals surface area contributed by atoms with Gasteiger partial charge in [0.1, 0.15) is 11.5 Å². The van der Waals surface area contributed by atoms with E-state index in [0.29, 0.717) is 17.1 Å². The lowest BCUT2D eigenvalue weighted by Crippen LogP contribution is -2.16. The third kappa shape index (κ3) is 3.69. The van der Waals surface area contributed by atoms with E-state index in [1.165, 1.54) is 25.5 Å². The first-order valence-corrected chi connectivity index (χ1v) is 5.91. The Balaban J connectivity index is 2.14. The summed E-state index contributed by atoms with van der Waals surface area (Å²) in [6, 6.07) is 9.70. The lowest BCUT2D eigenvalue weighted by molar-refractivity contribution is 0.0697. The summed E-state index contributed by atoms with van der Waals surface area (Å²) < 4.78 is 9.83. The molecule has 0 saturated carbocycles. The monoisotopic (exact) mass is 288 g/mol. The summed E-state index contributed by atoms with van der Waals surface area (Å²) in [5.41, 5.74) is 2.93. The molecule has 0 aliphatic carbocycles. The zero-order valence-electron chi connectivity index (χ0n) is 11.1. The predicted octanol–water partition coefficient (Wildman–Crippen LogP) is 2.33. The molecule has 0 radical (unpaired) electrons. The number of carboxylic acid groups (broad SMARTS) is 1. The highest BCUT2D eigenvalue weighted by Gasteiger charge is 2.07. The number of carbonyl (C=O) groups is 2. The first-order valence-electron chi connectivity index (χ1n) is 5.91. The number of nitrogens with zero attached hydrogens (tertiary/aromatic N) is 1. The third-order valence-corrected chi connectivity index (χ3v) is 2.55. The number of hydrogen-bond donors (Lipinski definition) is 2. The van der Waals surface area contributed by atoms with E-state index in [4.69, 9.17) is 9.52 Å². The number of nitrogens with one attached hydrogen (secondary N) is 1. The highest BCUT2D eigenvalue weighted by atomic mass is 16.5. The van der Waals surface area contributed by atoms with Crippen molar-refractivity contribution in [3.63, 3.8) is 0 Å². The second-order valence-electron chi connectivity index (χ2n) is 3.95. The van der Waals surface area contributed by atoms with Crippen LogP contribution in [0.5, 0.6) is 0 Å². The van der Waals surface area contributed by atoms with Crippen LogP contribution in [0.4, 0.5) is 4.79 Å². The van der Waals surface area contributed by atoms with Crippen molar-refractivity contribution in [2.24, 2.45) is 5.10 Å². The van der Waals surface area contributed by atoms with Gasteiger partial charge in [-0.15, -0.1) is 0 Å². The van der Waals surface area contributed by atoms with Crippen molar-refractivity contribution in [2.75, 3.05) is 7.11 Å². The number of hydrazone groups is 1. The molecule has 0 spiro atoms. The molecule has 1 amide bonds. The van der Waals surface area contributed by atoms with Crippen LogP contribution in [-0.2, 0) is 4.74 Å². The average molecular weight is 288 g/mol. The number of aromatic carboxylic acids is 1. The van der Waals surface area contributed by atoms with Gasteiger partial charge in [-0.3, -0.25) is 0 Å². The van der Waals surface area contributed by atoms with E-state index in [0.717, 1.165) is 0 Å². The summed E-state index contributed by atoms with van der Waals surface area (Å²) in [6.45, 7) is 0. The molecule has 0 bridgehead atoms. The molecule has 0 aliphatic heterocycles. The molecule has 0 atom stereocenters. The maximum atomic E-state index is 10.9. The van der Waals surface area contributed by atoms with Crippen molar-refractivity contribution in [3.05, 3.63) is 47.7 Å². The van der Waals surface area contributed by atoms with Gasteiger partial charge in [-0.25, -0.2) is 15.0 Å². The van der Waals surface area contributed by atoms with E-state index >= 15 is 0 Å². The fourth-order valence-electron chi connectivity index (χ4n) is 1.58. The Morgan fingerprint density at radius 1 is 1.33 bits per heavy atom. The first kappa shape index (κ1) is 14.3. The van der Waals surface area contributed by atoms with Crippen molar-refractivity contribution in [1.29, 1.82) is 0 Å². The zero-order valence-corrected chi connectivity index (χ0v) is 11.1.